The molecular formula is C19H17N3O4. The highest BCUT2D eigenvalue weighted by molar-refractivity contribution is 6.22. The number of hydrogen-bond acceptors (Lipinski definition) is 4. The normalized spacial score (nSPS) is 12.8. The maximum absolute atomic E-state index is 12.2. The molecule has 0 aliphatic carbocycles. The van der Waals surface area contributed by atoms with Gasteiger partial charge in [-0.15, -0.1) is 0 Å². The summed E-state index contributed by atoms with van der Waals surface area (Å²) in [6, 6.07) is 11.0. The van der Waals surface area contributed by atoms with Crippen LogP contribution in [-0.2, 0) is 4.79 Å². The summed E-state index contributed by atoms with van der Waals surface area (Å²) in [5.74, 6) is -1.84. The number of imide groups is 2. The molecule has 132 valence electrons. The van der Waals surface area contributed by atoms with E-state index >= 15 is 0 Å². The lowest BCUT2D eigenvalue weighted by molar-refractivity contribution is -0.120. The van der Waals surface area contributed by atoms with Crippen molar-refractivity contribution in [2.45, 2.75) is 13.8 Å². The summed E-state index contributed by atoms with van der Waals surface area (Å²) in [5, 5.41) is 4.72. The summed E-state index contributed by atoms with van der Waals surface area (Å²) in [7, 11) is 0. The number of urea groups is 1. The van der Waals surface area contributed by atoms with Crippen molar-refractivity contribution in [2.24, 2.45) is 0 Å². The summed E-state index contributed by atoms with van der Waals surface area (Å²) in [6.45, 7) is 3.24. The first-order valence-electron chi connectivity index (χ1n) is 8.00. The molecule has 0 unspecified atom stereocenters. The van der Waals surface area contributed by atoms with E-state index in [2.05, 4.69) is 10.6 Å². The zero-order valence-corrected chi connectivity index (χ0v) is 14.3. The topological polar surface area (TPSA) is 95.6 Å². The molecule has 0 aromatic heterocycles. The number of benzene rings is 2. The molecule has 1 aliphatic rings. The first-order valence-corrected chi connectivity index (χ1v) is 8.00. The summed E-state index contributed by atoms with van der Waals surface area (Å²) in [5.41, 5.74) is 2.97. The van der Waals surface area contributed by atoms with Crippen LogP contribution in [0, 0.1) is 13.8 Å². The van der Waals surface area contributed by atoms with E-state index in [9.17, 15) is 19.2 Å². The second kappa shape index (κ2) is 6.79. The number of hydrogen-bond donors (Lipinski definition) is 2. The monoisotopic (exact) mass is 351 g/mol. The minimum atomic E-state index is -0.748. The fraction of sp³-hybridized carbons (Fsp3) is 0.158. The van der Waals surface area contributed by atoms with Crippen LogP contribution in [0.1, 0.15) is 31.8 Å². The molecule has 0 fully saturated rings. The van der Waals surface area contributed by atoms with Gasteiger partial charge in [0.05, 0.1) is 11.1 Å². The highest BCUT2D eigenvalue weighted by atomic mass is 16.2. The largest absolute Gasteiger partial charge is 0.325 e. The van der Waals surface area contributed by atoms with Crippen LogP contribution < -0.4 is 10.6 Å². The minimum Gasteiger partial charge on any atom is -0.307 e. The van der Waals surface area contributed by atoms with Crippen molar-refractivity contribution >= 4 is 29.4 Å². The van der Waals surface area contributed by atoms with E-state index in [-0.39, 0.29) is 11.1 Å². The number of nitrogens with zero attached hydrogens (tertiary/aromatic N) is 1. The zero-order valence-electron chi connectivity index (χ0n) is 14.3. The summed E-state index contributed by atoms with van der Waals surface area (Å²) < 4.78 is 0. The summed E-state index contributed by atoms with van der Waals surface area (Å²) in [6.07, 6.45) is 0. The molecule has 26 heavy (non-hydrogen) atoms. The molecule has 5 amide bonds. The Hall–Kier alpha value is -3.48. The molecular weight excluding hydrogens is 334 g/mol. The van der Waals surface area contributed by atoms with Crippen LogP contribution in [0.2, 0.25) is 0 Å². The second-order valence-corrected chi connectivity index (χ2v) is 5.99. The quantitative estimate of drug-likeness (QED) is 0.829. The molecule has 2 aromatic rings. The Labute approximate surface area is 150 Å². The SMILES string of the molecule is Cc1cccc(NC(=O)NC(=O)CN2C(=O)c3ccccc3C2=O)c1C. The fourth-order valence-electron chi connectivity index (χ4n) is 2.73. The zero-order chi connectivity index (χ0) is 18.8. The maximum atomic E-state index is 12.2. The van der Waals surface area contributed by atoms with Gasteiger partial charge in [0, 0.05) is 5.69 Å². The van der Waals surface area contributed by atoms with Gasteiger partial charge in [0.1, 0.15) is 6.54 Å². The van der Waals surface area contributed by atoms with E-state index in [1.165, 1.54) is 12.1 Å². The van der Waals surface area contributed by atoms with Crippen LogP contribution >= 0.6 is 0 Å². The Morgan fingerprint density at radius 2 is 1.54 bits per heavy atom. The number of carbonyl (C=O) groups excluding carboxylic acids is 4. The Kier molecular flexibility index (Phi) is 4.53. The lowest BCUT2D eigenvalue weighted by Gasteiger charge is -2.14. The van der Waals surface area contributed by atoms with Gasteiger partial charge < -0.3 is 5.32 Å². The Morgan fingerprint density at radius 1 is 0.923 bits per heavy atom. The van der Waals surface area contributed by atoms with E-state index in [1.807, 2.05) is 19.9 Å². The molecule has 7 nitrogen and oxygen atoms in total. The molecule has 0 radical (unpaired) electrons. The number of carbonyl (C=O) groups is 4. The van der Waals surface area contributed by atoms with Crippen LogP contribution in [0.15, 0.2) is 42.5 Å². The molecule has 0 spiro atoms. The van der Waals surface area contributed by atoms with Gasteiger partial charge in [-0.3, -0.25) is 24.6 Å². The Balaban J connectivity index is 1.63. The highest BCUT2D eigenvalue weighted by Gasteiger charge is 2.36. The van der Waals surface area contributed by atoms with Gasteiger partial charge >= 0.3 is 6.03 Å². The van der Waals surface area contributed by atoms with E-state index in [1.54, 1.807) is 24.3 Å². The summed E-state index contributed by atoms with van der Waals surface area (Å²) in [4.78, 5) is 49.4. The molecule has 0 saturated heterocycles. The van der Waals surface area contributed by atoms with Gasteiger partial charge in [-0.2, -0.15) is 0 Å². The van der Waals surface area contributed by atoms with Gasteiger partial charge in [0.15, 0.2) is 0 Å². The second-order valence-electron chi connectivity index (χ2n) is 5.99. The van der Waals surface area contributed by atoms with E-state index in [0.717, 1.165) is 16.0 Å². The number of anilines is 1. The third-order valence-electron chi connectivity index (χ3n) is 4.29. The molecule has 1 aliphatic heterocycles. The predicted octanol–water partition coefficient (Wildman–Crippen LogP) is 2.25. The van der Waals surface area contributed by atoms with Crippen LogP contribution in [-0.4, -0.2) is 35.2 Å². The van der Waals surface area contributed by atoms with Crippen molar-refractivity contribution in [1.29, 1.82) is 0 Å². The molecule has 0 saturated carbocycles. The average molecular weight is 351 g/mol. The van der Waals surface area contributed by atoms with Crippen molar-refractivity contribution in [3.63, 3.8) is 0 Å². The lowest BCUT2D eigenvalue weighted by Crippen LogP contribution is -2.43. The lowest BCUT2D eigenvalue weighted by atomic mass is 10.1. The van der Waals surface area contributed by atoms with Gasteiger partial charge in [0.2, 0.25) is 5.91 Å². The predicted molar refractivity (Wildman–Crippen MR) is 94.9 cm³/mol. The van der Waals surface area contributed by atoms with Crippen molar-refractivity contribution in [2.75, 3.05) is 11.9 Å². The van der Waals surface area contributed by atoms with E-state index in [4.69, 9.17) is 0 Å². The molecule has 0 bridgehead atoms. The van der Waals surface area contributed by atoms with Crippen LogP contribution in [0.4, 0.5) is 10.5 Å². The van der Waals surface area contributed by atoms with Crippen LogP contribution in [0.3, 0.4) is 0 Å². The van der Waals surface area contributed by atoms with E-state index < -0.39 is 30.3 Å². The highest BCUT2D eigenvalue weighted by Crippen LogP contribution is 2.22. The third-order valence-corrected chi connectivity index (χ3v) is 4.29. The first kappa shape index (κ1) is 17.3. The Morgan fingerprint density at radius 3 is 2.15 bits per heavy atom. The van der Waals surface area contributed by atoms with Gasteiger partial charge in [-0.25, -0.2) is 4.79 Å². The molecule has 0 atom stereocenters. The summed E-state index contributed by atoms with van der Waals surface area (Å²) >= 11 is 0. The van der Waals surface area contributed by atoms with Gasteiger partial charge in [0.25, 0.3) is 11.8 Å². The third kappa shape index (κ3) is 3.19. The number of amides is 5. The number of nitrogens with one attached hydrogen (secondary N) is 2. The van der Waals surface area contributed by atoms with Crippen LogP contribution in [0.5, 0.6) is 0 Å². The molecule has 2 N–H and O–H groups in total. The number of fused-ring (bicyclic) bond motifs is 1. The van der Waals surface area contributed by atoms with Crippen molar-refractivity contribution in [3.05, 3.63) is 64.7 Å². The van der Waals surface area contributed by atoms with Crippen molar-refractivity contribution < 1.29 is 19.2 Å². The minimum absolute atomic E-state index is 0.255. The maximum Gasteiger partial charge on any atom is 0.325 e. The average Bonchev–Trinajstić information content (AvgIpc) is 2.84. The van der Waals surface area contributed by atoms with Crippen molar-refractivity contribution in [1.82, 2.24) is 10.2 Å². The number of aryl methyl sites for hydroxylation is 1. The van der Waals surface area contributed by atoms with E-state index in [0.29, 0.717) is 5.69 Å². The smallest absolute Gasteiger partial charge is 0.307 e. The molecule has 1 heterocycles. The van der Waals surface area contributed by atoms with Gasteiger partial charge in [-0.1, -0.05) is 24.3 Å². The molecule has 7 heteroatoms. The molecule has 2 aromatic carbocycles. The first-order chi connectivity index (χ1) is 12.4. The van der Waals surface area contributed by atoms with Crippen LogP contribution in [0.25, 0.3) is 0 Å². The van der Waals surface area contributed by atoms with Crippen molar-refractivity contribution in [3.8, 4) is 0 Å². The van der Waals surface area contributed by atoms with Gasteiger partial charge in [-0.05, 0) is 43.2 Å². The number of rotatable bonds is 3. The Bertz CT molecular complexity index is 901. The standard InChI is InChI=1S/C19H17N3O4/c1-11-6-5-9-15(12(11)2)20-19(26)21-16(23)10-22-17(24)13-7-3-4-8-14(13)18(22)25/h3-9H,10H2,1-2H3,(H2,20,21,23,26). The molecule has 3 rings (SSSR count). The fourth-order valence-corrected chi connectivity index (χ4v) is 2.73.